The lowest BCUT2D eigenvalue weighted by Gasteiger charge is -2.51. The summed E-state index contributed by atoms with van der Waals surface area (Å²) in [4.78, 5) is 7.82. The van der Waals surface area contributed by atoms with Crippen LogP contribution in [0.25, 0.3) is 0 Å². The van der Waals surface area contributed by atoms with Crippen LogP contribution in [0.5, 0.6) is 5.75 Å². The average Bonchev–Trinajstić information content (AvgIpc) is 2.75. The number of methoxy groups -OCH3 is 1. The molecule has 4 fully saturated rings. The minimum atomic E-state index is -3.49. The third-order valence-corrected chi connectivity index (χ3v) is 8.42. The highest BCUT2D eigenvalue weighted by Crippen LogP contribution is 2.36. The van der Waals surface area contributed by atoms with E-state index in [1.165, 1.54) is 26.1 Å². The number of nitrogens with one attached hydrogen (secondary N) is 1. The highest BCUT2D eigenvalue weighted by molar-refractivity contribution is 7.89. The summed E-state index contributed by atoms with van der Waals surface area (Å²) in [6.07, 6.45) is 2.35. The normalized spacial score (nSPS) is 31.1. The summed E-state index contributed by atoms with van der Waals surface area (Å²) in [5.74, 6) is 2.10. The Morgan fingerprint density at radius 1 is 1.10 bits per heavy atom. The van der Waals surface area contributed by atoms with Crippen LogP contribution in [-0.4, -0.2) is 95.7 Å². The van der Waals surface area contributed by atoms with Crippen LogP contribution in [0.3, 0.4) is 0 Å². The van der Waals surface area contributed by atoms with E-state index in [0.29, 0.717) is 23.2 Å². The molecular weight excluding hydrogens is 388 g/mol. The van der Waals surface area contributed by atoms with Gasteiger partial charge in [-0.3, -0.25) is 4.90 Å². The van der Waals surface area contributed by atoms with Gasteiger partial charge in [0.25, 0.3) is 0 Å². The van der Waals surface area contributed by atoms with E-state index in [0.717, 1.165) is 44.4 Å². The van der Waals surface area contributed by atoms with Gasteiger partial charge in [-0.05, 0) is 62.5 Å². The van der Waals surface area contributed by atoms with Crippen molar-refractivity contribution in [2.45, 2.75) is 23.8 Å². The molecule has 4 aliphatic heterocycles. The Labute approximate surface area is 175 Å². The van der Waals surface area contributed by atoms with Gasteiger partial charge >= 0.3 is 0 Å². The molecule has 2 bridgehead atoms. The first-order valence-electron chi connectivity index (χ1n) is 10.7. The minimum Gasteiger partial charge on any atom is -0.497 e. The molecule has 0 spiro atoms. The molecule has 1 unspecified atom stereocenters. The quantitative estimate of drug-likeness (QED) is 0.705. The van der Waals surface area contributed by atoms with Crippen molar-refractivity contribution in [2.75, 3.05) is 66.5 Å². The molecular formula is C21H34N4O3S. The van der Waals surface area contributed by atoms with Crippen molar-refractivity contribution in [3.8, 4) is 5.75 Å². The molecule has 7 nitrogen and oxygen atoms in total. The fourth-order valence-electron chi connectivity index (χ4n) is 5.07. The maximum Gasteiger partial charge on any atom is 0.240 e. The molecule has 1 aromatic carbocycles. The van der Waals surface area contributed by atoms with Crippen LogP contribution in [0, 0.1) is 11.8 Å². The van der Waals surface area contributed by atoms with E-state index in [9.17, 15) is 8.42 Å². The molecule has 8 heteroatoms. The van der Waals surface area contributed by atoms with Crippen LogP contribution >= 0.6 is 0 Å². The Hall–Kier alpha value is -1.19. The molecule has 1 aromatic rings. The Morgan fingerprint density at radius 2 is 1.83 bits per heavy atom. The van der Waals surface area contributed by atoms with Crippen LogP contribution in [0.1, 0.15) is 12.8 Å². The molecule has 162 valence electrons. The number of hydrogen-bond acceptors (Lipinski definition) is 6. The minimum absolute atomic E-state index is 0.294. The topological polar surface area (TPSA) is 65.1 Å². The number of fused-ring (bicyclic) bond motifs is 3. The van der Waals surface area contributed by atoms with Crippen molar-refractivity contribution in [3.63, 3.8) is 0 Å². The predicted octanol–water partition coefficient (Wildman–Crippen LogP) is 0.931. The summed E-state index contributed by atoms with van der Waals surface area (Å²) >= 11 is 0. The molecule has 29 heavy (non-hydrogen) atoms. The summed E-state index contributed by atoms with van der Waals surface area (Å²) in [6, 6.07) is 6.87. The van der Waals surface area contributed by atoms with Gasteiger partial charge in [0.05, 0.1) is 12.0 Å². The second-order valence-electron chi connectivity index (χ2n) is 8.82. The first-order valence-corrected chi connectivity index (χ1v) is 12.2. The van der Waals surface area contributed by atoms with Crippen molar-refractivity contribution in [1.29, 1.82) is 0 Å². The SMILES string of the molecule is COc1ccc(S(=O)(=O)NC[C@H]2C[C@@H]3CCN2C[C@H]3CN2CCN(C)CC2)cc1. The Kier molecular flexibility index (Phi) is 6.46. The first-order chi connectivity index (χ1) is 13.9. The second kappa shape index (κ2) is 8.89. The number of piperidine rings is 3. The van der Waals surface area contributed by atoms with Gasteiger partial charge in [-0.15, -0.1) is 0 Å². The zero-order valence-electron chi connectivity index (χ0n) is 17.6. The number of ether oxygens (including phenoxy) is 1. The number of piperazine rings is 1. The zero-order chi connectivity index (χ0) is 20.4. The molecule has 4 saturated heterocycles. The van der Waals surface area contributed by atoms with Crippen LogP contribution < -0.4 is 9.46 Å². The van der Waals surface area contributed by atoms with Gasteiger partial charge in [0.2, 0.25) is 10.0 Å². The summed E-state index contributed by atoms with van der Waals surface area (Å²) in [6.45, 7) is 8.56. The van der Waals surface area contributed by atoms with E-state index in [-0.39, 0.29) is 0 Å². The van der Waals surface area contributed by atoms with Crippen molar-refractivity contribution in [3.05, 3.63) is 24.3 Å². The van der Waals surface area contributed by atoms with Gasteiger partial charge in [0, 0.05) is 51.9 Å². The van der Waals surface area contributed by atoms with Crippen molar-refractivity contribution in [1.82, 2.24) is 19.4 Å². The highest BCUT2D eigenvalue weighted by atomic mass is 32.2. The molecule has 5 rings (SSSR count). The van der Waals surface area contributed by atoms with Gasteiger partial charge < -0.3 is 14.5 Å². The van der Waals surface area contributed by atoms with Crippen LogP contribution in [0.15, 0.2) is 29.2 Å². The number of sulfonamides is 1. The maximum absolute atomic E-state index is 12.7. The maximum atomic E-state index is 12.7. The standard InChI is InChI=1S/C21H34N4O3S/c1-23-9-11-24(12-10-23)15-18-16-25-8-7-17(18)13-19(25)14-22-29(26,27)21-5-3-20(28-2)4-6-21/h3-6,17-19,22H,7-16H2,1-2H3/t17-,18+,19+/m0/s1. The molecule has 0 aliphatic carbocycles. The average molecular weight is 423 g/mol. The predicted molar refractivity (Wildman–Crippen MR) is 114 cm³/mol. The number of rotatable bonds is 7. The van der Waals surface area contributed by atoms with Crippen molar-refractivity contribution < 1.29 is 13.2 Å². The summed E-state index contributed by atoms with van der Waals surface area (Å²) in [7, 11) is 0.284. The summed E-state index contributed by atoms with van der Waals surface area (Å²) in [5, 5.41) is 0. The van der Waals surface area contributed by atoms with Crippen LogP contribution in [0.4, 0.5) is 0 Å². The largest absolute Gasteiger partial charge is 0.497 e. The van der Waals surface area contributed by atoms with Gasteiger partial charge in [-0.25, -0.2) is 13.1 Å². The van der Waals surface area contributed by atoms with E-state index in [1.807, 2.05) is 0 Å². The lowest BCUT2D eigenvalue weighted by molar-refractivity contribution is -0.0149. The fraction of sp³-hybridized carbons (Fsp3) is 0.714. The van der Waals surface area contributed by atoms with Gasteiger partial charge in [-0.1, -0.05) is 0 Å². The molecule has 0 radical (unpaired) electrons. The molecule has 0 saturated carbocycles. The third kappa shape index (κ3) is 4.94. The van der Waals surface area contributed by atoms with Crippen LogP contribution in [-0.2, 0) is 10.0 Å². The van der Waals surface area contributed by atoms with Crippen LogP contribution in [0.2, 0.25) is 0 Å². The molecule has 4 aliphatic rings. The van der Waals surface area contributed by atoms with E-state index in [4.69, 9.17) is 4.74 Å². The molecule has 0 aromatic heterocycles. The monoisotopic (exact) mass is 422 g/mol. The Bertz CT molecular complexity index is 778. The van der Waals surface area contributed by atoms with Crippen molar-refractivity contribution >= 4 is 10.0 Å². The molecule has 1 N–H and O–H groups in total. The van der Waals surface area contributed by atoms with Gasteiger partial charge in [0.15, 0.2) is 0 Å². The molecule has 4 atom stereocenters. The smallest absolute Gasteiger partial charge is 0.240 e. The fourth-order valence-corrected chi connectivity index (χ4v) is 6.15. The molecule has 0 amide bonds. The van der Waals surface area contributed by atoms with Gasteiger partial charge in [0.1, 0.15) is 5.75 Å². The van der Waals surface area contributed by atoms with Crippen molar-refractivity contribution in [2.24, 2.45) is 11.8 Å². The number of likely N-dealkylation sites (N-methyl/N-ethyl adjacent to an activating group) is 1. The van der Waals surface area contributed by atoms with E-state index in [2.05, 4.69) is 26.5 Å². The lowest BCUT2D eigenvalue weighted by atomic mass is 9.75. The number of hydrogen-bond donors (Lipinski definition) is 1. The Balaban J connectivity index is 1.30. The number of nitrogens with zero attached hydrogens (tertiary/aromatic N) is 3. The Morgan fingerprint density at radius 3 is 2.45 bits per heavy atom. The second-order valence-corrected chi connectivity index (χ2v) is 10.6. The first kappa shape index (κ1) is 21.1. The number of benzene rings is 1. The third-order valence-electron chi connectivity index (χ3n) is 6.98. The molecule has 4 heterocycles. The lowest BCUT2D eigenvalue weighted by Crippen LogP contribution is -2.59. The van der Waals surface area contributed by atoms with E-state index >= 15 is 0 Å². The van der Waals surface area contributed by atoms with Gasteiger partial charge in [-0.2, -0.15) is 0 Å². The van der Waals surface area contributed by atoms with E-state index < -0.39 is 10.0 Å². The summed E-state index contributed by atoms with van der Waals surface area (Å²) in [5.41, 5.74) is 0. The van der Waals surface area contributed by atoms with E-state index in [1.54, 1.807) is 31.4 Å². The summed E-state index contributed by atoms with van der Waals surface area (Å²) < 4.78 is 33.3. The zero-order valence-corrected chi connectivity index (χ0v) is 18.4. The highest BCUT2D eigenvalue weighted by Gasteiger charge is 2.40.